The summed E-state index contributed by atoms with van der Waals surface area (Å²) in [6.45, 7) is 2.06. The molecule has 41 heavy (non-hydrogen) atoms. The molecule has 0 aliphatic heterocycles. The number of hydrogen-bond acceptors (Lipinski definition) is 8. The lowest BCUT2D eigenvalue weighted by Crippen LogP contribution is -2.33. The Labute approximate surface area is 242 Å². The molecule has 0 saturated carbocycles. The molecule has 0 amide bonds. The zero-order chi connectivity index (χ0) is 31.2. The highest BCUT2D eigenvalue weighted by Gasteiger charge is 2.14. The zero-order valence-corrected chi connectivity index (χ0v) is 26.4. The van der Waals surface area contributed by atoms with E-state index in [4.69, 9.17) is 0 Å². The Bertz CT molecular complexity index is 1540. The summed E-state index contributed by atoms with van der Waals surface area (Å²) in [6.07, 6.45) is 5.28. The van der Waals surface area contributed by atoms with Gasteiger partial charge in [0, 0.05) is 51.7 Å². The van der Waals surface area contributed by atoms with Gasteiger partial charge in [-0.3, -0.25) is 8.37 Å². The lowest BCUT2D eigenvalue weighted by molar-refractivity contribution is -0.884. The first-order valence-corrected chi connectivity index (χ1v) is 15.2. The van der Waals surface area contributed by atoms with E-state index in [1.807, 2.05) is 0 Å². The number of hydrogen-bond donors (Lipinski definition) is 2. The SMILES string of the molecule is COS(=O)(=O)[O-].COS(=O)(=O)[O-].C[N+](C)(C)Cc1ccc2[nH]cc(Cc3c[nH]c4ccc(C[N+](C)(C)C)cc34)c2c1. The third-order valence-electron chi connectivity index (χ3n) is 5.77. The fraction of sp³-hybridized carbons (Fsp3) is 0.407. The molecule has 0 saturated heterocycles. The molecule has 14 heteroatoms. The van der Waals surface area contributed by atoms with Crippen molar-refractivity contribution in [2.24, 2.45) is 0 Å². The third kappa shape index (κ3) is 12.3. The molecule has 2 aromatic heterocycles. The van der Waals surface area contributed by atoms with Crippen LogP contribution in [0.2, 0.25) is 0 Å². The maximum atomic E-state index is 9.22. The normalized spacial score (nSPS) is 12.5. The van der Waals surface area contributed by atoms with Crippen LogP contribution in [0.5, 0.6) is 0 Å². The highest BCUT2D eigenvalue weighted by atomic mass is 32.3. The Kier molecular flexibility index (Phi) is 11.3. The van der Waals surface area contributed by atoms with Gasteiger partial charge in [-0.15, -0.1) is 0 Å². The summed E-state index contributed by atoms with van der Waals surface area (Å²) in [5.74, 6) is 0. The lowest BCUT2D eigenvalue weighted by Gasteiger charge is -2.24. The van der Waals surface area contributed by atoms with Crippen molar-refractivity contribution in [3.05, 3.63) is 71.0 Å². The largest absolute Gasteiger partial charge is 0.726 e. The van der Waals surface area contributed by atoms with Crippen LogP contribution in [0.4, 0.5) is 0 Å². The summed E-state index contributed by atoms with van der Waals surface area (Å²) in [6, 6.07) is 13.7. The maximum absolute atomic E-state index is 9.22. The molecule has 2 heterocycles. The molecule has 2 aromatic carbocycles. The molecule has 0 bridgehead atoms. The van der Waals surface area contributed by atoms with Crippen LogP contribution >= 0.6 is 0 Å². The molecule has 228 valence electrons. The summed E-state index contributed by atoms with van der Waals surface area (Å²) >= 11 is 0. The van der Waals surface area contributed by atoms with Gasteiger partial charge in [0.25, 0.3) is 0 Å². The fourth-order valence-electron chi connectivity index (χ4n) is 4.24. The van der Waals surface area contributed by atoms with Crippen LogP contribution in [0.25, 0.3) is 21.8 Å². The first-order chi connectivity index (χ1) is 18.7. The van der Waals surface area contributed by atoms with Crippen LogP contribution in [-0.2, 0) is 48.7 Å². The van der Waals surface area contributed by atoms with E-state index >= 15 is 0 Å². The van der Waals surface area contributed by atoms with E-state index in [1.54, 1.807) is 0 Å². The molecule has 2 N–H and O–H groups in total. The van der Waals surface area contributed by atoms with E-state index in [0.717, 1.165) is 42.7 Å². The number of H-pyrrole nitrogens is 2. The van der Waals surface area contributed by atoms with E-state index in [1.165, 1.54) is 44.1 Å². The summed E-state index contributed by atoms with van der Waals surface area (Å²) in [5, 5.41) is 2.68. The van der Waals surface area contributed by atoms with Gasteiger partial charge in [-0.05, 0) is 35.4 Å². The second-order valence-electron chi connectivity index (χ2n) is 11.6. The van der Waals surface area contributed by atoms with Crippen LogP contribution in [0, 0.1) is 0 Å². The van der Waals surface area contributed by atoms with Gasteiger partial charge in [-0.25, -0.2) is 16.8 Å². The van der Waals surface area contributed by atoms with Gasteiger partial charge in [0.1, 0.15) is 13.1 Å². The van der Waals surface area contributed by atoms with E-state index < -0.39 is 20.8 Å². The minimum absolute atomic E-state index is 0.808. The van der Waals surface area contributed by atoms with Crippen molar-refractivity contribution in [2.75, 3.05) is 56.5 Å². The lowest BCUT2D eigenvalue weighted by atomic mass is 10.0. The molecular formula is C27H40N4O8S2. The number of quaternary nitrogens is 2. The van der Waals surface area contributed by atoms with Crippen LogP contribution in [0.1, 0.15) is 22.3 Å². The van der Waals surface area contributed by atoms with Gasteiger partial charge >= 0.3 is 0 Å². The molecule has 0 aliphatic rings. The van der Waals surface area contributed by atoms with Gasteiger partial charge in [0.2, 0.25) is 20.8 Å². The standard InChI is InChI=1S/C25H34N4.2CH4O4S/c1-28(2,3)16-18-7-9-24-22(11-18)20(14-26-24)13-21-15-27-25-10-8-19(12-23(21)25)17-29(4,5)6;2*1-5-6(2,3)4/h7-12,14-15,26-27H,13,16-17H2,1-6H3;2*1H3,(H,2,3,4)/q+2;;/p-2. The topological polar surface area (TPSA) is 164 Å². The molecular weight excluding hydrogens is 572 g/mol. The Morgan fingerprint density at radius 1 is 0.659 bits per heavy atom. The number of fused-ring (bicyclic) bond motifs is 2. The van der Waals surface area contributed by atoms with Crippen molar-refractivity contribution in [1.82, 2.24) is 9.97 Å². The fourth-order valence-corrected chi connectivity index (χ4v) is 4.24. The number of aromatic nitrogens is 2. The average Bonchev–Trinajstić information content (AvgIpc) is 3.41. The summed E-state index contributed by atoms with van der Waals surface area (Å²) in [4.78, 5) is 6.93. The van der Waals surface area contributed by atoms with Gasteiger partial charge in [-0.2, -0.15) is 0 Å². The predicted molar refractivity (Wildman–Crippen MR) is 156 cm³/mol. The summed E-state index contributed by atoms with van der Waals surface area (Å²) in [5.41, 5.74) is 7.93. The Balaban J connectivity index is 0.000000413. The summed E-state index contributed by atoms with van der Waals surface area (Å²) in [7, 11) is 6.22. The van der Waals surface area contributed by atoms with Crippen molar-refractivity contribution in [3.8, 4) is 0 Å². The van der Waals surface area contributed by atoms with E-state index in [9.17, 15) is 25.9 Å². The average molecular weight is 613 g/mol. The number of nitrogens with zero attached hydrogens (tertiary/aromatic N) is 2. The number of nitrogens with one attached hydrogen (secondary N) is 2. The quantitative estimate of drug-likeness (QED) is 0.174. The van der Waals surface area contributed by atoms with Crippen LogP contribution in [0.15, 0.2) is 48.8 Å². The van der Waals surface area contributed by atoms with Crippen molar-refractivity contribution < 1.29 is 43.3 Å². The molecule has 0 atom stereocenters. The van der Waals surface area contributed by atoms with Crippen LogP contribution < -0.4 is 0 Å². The molecule has 0 aliphatic carbocycles. The van der Waals surface area contributed by atoms with Crippen molar-refractivity contribution in [2.45, 2.75) is 19.5 Å². The molecule has 0 spiro atoms. The highest BCUT2D eigenvalue weighted by Crippen LogP contribution is 2.27. The Morgan fingerprint density at radius 3 is 1.24 bits per heavy atom. The minimum atomic E-state index is -4.41. The van der Waals surface area contributed by atoms with Gasteiger partial charge in [-0.1, -0.05) is 12.1 Å². The van der Waals surface area contributed by atoms with E-state index in [-0.39, 0.29) is 0 Å². The number of benzene rings is 2. The number of aromatic amines is 2. The second kappa shape index (κ2) is 13.4. The van der Waals surface area contributed by atoms with E-state index in [0.29, 0.717) is 0 Å². The van der Waals surface area contributed by atoms with Crippen molar-refractivity contribution in [1.29, 1.82) is 0 Å². The van der Waals surface area contributed by atoms with E-state index in [2.05, 4.69) is 109 Å². The molecule has 4 rings (SSSR count). The van der Waals surface area contributed by atoms with Crippen molar-refractivity contribution in [3.63, 3.8) is 0 Å². The second-order valence-corrected chi connectivity index (χ2v) is 13.9. The third-order valence-corrected chi connectivity index (χ3v) is 6.58. The highest BCUT2D eigenvalue weighted by molar-refractivity contribution is 7.81. The molecule has 0 unspecified atom stereocenters. The maximum Gasteiger partial charge on any atom is 0.217 e. The predicted octanol–water partition coefficient (Wildman–Crippen LogP) is 2.84. The smallest absolute Gasteiger partial charge is 0.217 e. The summed E-state index contributed by atoms with van der Waals surface area (Å²) < 4.78 is 63.9. The van der Waals surface area contributed by atoms with Crippen molar-refractivity contribution >= 4 is 42.6 Å². The molecule has 4 aromatic rings. The molecule has 12 nitrogen and oxygen atoms in total. The van der Waals surface area contributed by atoms with Gasteiger partial charge in [0.05, 0.1) is 56.5 Å². The first kappa shape index (κ1) is 34.4. The minimum Gasteiger partial charge on any atom is -0.726 e. The van der Waals surface area contributed by atoms with Gasteiger partial charge < -0.3 is 28.0 Å². The zero-order valence-electron chi connectivity index (χ0n) is 24.7. The Hall–Kier alpha value is -2.82. The first-order valence-electron chi connectivity index (χ1n) is 12.5. The monoisotopic (exact) mass is 612 g/mol. The molecule has 0 fully saturated rings. The Morgan fingerprint density at radius 2 is 0.976 bits per heavy atom. The van der Waals surface area contributed by atoms with Gasteiger partial charge in [0.15, 0.2) is 0 Å². The van der Waals surface area contributed by atoms with Crippen LogP contribution in [0.3, 0.4) is 0 Å². The molecule has 0 radical (unpaired) electrons. The number of rotatable bonds is 8. The van der Waals surface area contributed by atoms with Crippen LogP contribution in [-0.4, -0.2) is 101 Å².